The van der Waals surface area contributed by atoms with Crippen LogP contribution in [-0.4, -0.2) is 20.4 Å². The van der Waals surface area contributed by atoms with Gasteiger partial charge in [-0.15, -0.1) is 0 Å². The summed E-state index contributed by atoms with van der Waals surface area (Å²) in [5.74, 6) is -0.909. The summed E-state index contributed by atoms with van der Waals surface area (Å²) in [4.78, 5) is 32.1. The molecular weight excluding hydrogens is 447 g/mol. The number of nitrogen functional groups attached to an aromatic ring is 1. The normalized spacial score (nSPS) is 12.4. The van der Waals surface area contributed by atoms with Gasteiger partial charge in [0.25, 0.3) is 0 Å². The van der Waals surface area contributed by atoms with E-state index in [0.29, 0.717) is 11.4 Å². The molecule has 0 bridgehead atoms. The summed E-state index contributed by atoms with van der Waals surface area (Å²) in [6, 6.07) is 15.6. The van der Waals surface area contributed by atoms with Gasteiger partial charge < -0.3 is 16.8 Å². The van der Waals surface area contributed by atoms with Crippen LogP contribution in [0, 0.1) is 5.82 Å². The SMILES string of the molecule is NC(=O)Cc1ccc(Nc2cc(-c3cccc(-n4ccc(N)nc4=O)c3)nc3c2CCC3)cc1F. The standard InChI is InChI=1S/C26H23FN6O2/c27-20-13-17(8-7-15(20)12-25(29)34)30-23-14-22(31-21-6-2-5-19(21)23)16-3-1-4-18(11-16)33-10-9-24(28)32-26(33)35/h1,3-4,7-11,13-14H,2,5-6,12H2,(H2,29,34)(H,30,31)(H2,28,32,35). The molecule has 0 saturated carbocycles. The lowest BCUT2D eigenvalue weighted by Gasteiger charge is -2.15. The zero-order valence-corrected chi connectivity index (χ0v) is 18.8. The maximum Gasteiger partial charge on any atom is 0.354 e. The van der Waals surface area contributed by atoms with E-state index in [0.717, 1.165) is 47.5 Å². The van der Waals surface area contributed by atoms with Crippen molar-refractivity contribution in [1.82, 2.24) is 14.5 Å². The number of halogens is 1. The molecule has 0 atom stereocenters. The van der Waals surface area contributed by atoms with Crippen LogP contribution < -0.4 is 22.5 Å². The third kappa shape index (κ3) is 4.61. The molecule has 0 fully saturated rings. The van der Waals surface area contributed by atoms with E-state index in [-0.39, 0.29) is 17.8 Å². The van der Waals surface area contributed by atoms with Crippen LogP contribution in [0.1, 0.15) is 23.2 Å². The Morgan fingerprint density at radius 2 is 1.94 bits per heavy atom. The molecule has 2 aromatic carbocycles. The molecule has 5 rings (SSSR count). The van der Waals surface area contributed by atoms with E-state index in [1.165, 1.54) is 10.6 Å². The molecule has 2 aromatic heterocycles. The van der Waals surface area contributed by atoms with Crippen molar-refractivity contribution in [2.75, 3.05) is 11.1 Å². The number of aryl methyl sites for hydroxylation is 1. The van der Waals surface area contributed by atoms with E-state index in [9.17, 15) is 14.0 Å². The minimum absolute atomic E-state index is 0.149. The second-order valence-electron chi connectivity index (χ2n) is 8.46. The number of pyridine rings is 1. The van der Waals surface area contributed by atoms with Gasteiger partial charge in [-0.3, -0.25) is 14.3 Å². The van der Waals surface area contributed by atoms with Gasteiger partial charge in [-0.1, -0.05) is 18.2 Å². The van der Waals surface area contributed by atoms with Crippen molar-refractivity contribution in [3.05, 3.63) is 93.9 Å². The zero-order valence-electron chi connectivity index (χ0n) is 18.8. The molecule has 9 heteroatoms. The van der Waals surface area contributed by atoms with Crippen molar-refractivity contribution in [2.45, 2.75) is 25.7 Å². The van der Waals surface area contributed by atoms with Crippen LogP contribution in [0.5, 0.6) is 0 Å². The predicted octanol–water partition coefficient (Wildman–Crippen LogP) is 3.28. The molecule has 5 N–H and O–H groups in total. The number of nitrogens with one attached hydrogen (secondary N) is 1. The van der Waals surface area contributed by atoms with Crippen LogP contribution in [0.2, 0.25) is 0 Å². The van der Waals surface area contributed by atoms with Crippen LogP contribution in [0.15, 0.2) is 65.6 Å². The molecule has 0 radical (unpaired) electrons. The maximum atomic E-state index is 14.5. The fourth-order valence-electron chi connectivity index (χ4n) is 4.34. The highest BCUT2D eigenvalue weighted by atomic mass is 19.1. The van der Waals surface area contributed by atoms with E-state index < -0.39 is 17.4 Å². The average Bonchev–Trinajstić information content (AvgIpc) is 3.30. The third-order valence-electron chi connectivity index (χ3n) is 5.99. The molecule has 0 unspecified atom stereocenters. The van der Waals surface area contributed by atoms with E-state index in [2.05, 4.69) is 10.3 Å². The summed E-state index contributed by atoms with van der Waals surface area (Å²) in [5, 5.41) is 3.32. The number of nitrogens with two attached hydrogens (primary N) is 2. The number of fused-ring (bicyclic) bond motifs is 1. The van der Waals surface area contributed by atoms with Gasteiger partial charge in [0.15, 0.2) is 0 Å². The van der Waals surface area contributed by atoms with Crippen molar-refractivity contribution in [1.29, 1.82) is 0 Å². The number of aromatic nitrogens is 3. The minimum atomic E-state index is -0.583. The first-order valence-corrected chi connectivity index (χ1v) is 11.2. The molecule has 0 aliphatic heterocycles. The lowest BCUT2D eigenvalue weighted by Crippen LogP contribution is -2.21. The topological polar surface area (TPSA) is 129 Å². The quantitative estimate of drug-likeness (QED) is 0.397. The van der Waals surface area contributed by atoms with Crippen molar-refractivity contribution in [2.24, 2.45) is 5.73 Å². The Bertz CT molecular complexity index is 1510. The molecule has 0 saturated heterocycles. The smallest absolute Gasteiger partial charge is 0.354 e. The summed E-state index contributed by atoms with van der Waals surface area (Å²) in [5.41, 5.74) is 16.3. The van der Waals surface area contributed by atoms with Crippen molar-refractivity contribution in [3.63, 3.8) is 0 Å². The van der Waals surface area contributed by atoms with Crippen molar-refractivity contribution in [3.8, 4) is 16.9 Å². The van der Waals surface area contributed by atoms with Gasteiger partial charge >= 0.3 is 5.69 Å². The largest absolute Gasteiger partial charge is 0.383 e. The fraction of sp³-hybridized carbons (Fsp3) is 0.154. The zero-order chi connectivity index (χ0) is 24.5. The molecule has 1 aliphatic carbocycles. The molecule has 0 spiro atoms. The summed E-state index contributed by atoms with van der Waals surface area (Å²) in [6.07, 6.45) is 4.15. The molecule has 176 valence electrons. The Morgan fingerprint density at radius 3 is 2.71 bits per heavy atom. The predicted molar refractivity (Wildman–Crippen MR) is 132 cm³/mol. The number of anilines is 3. The monoisotopic (exact) mass is 470 g/mol. The first-order chi connectivity index (χ1) is 16.9. The van der Waals surface area contributed by atoms with Gasteiger partial charge in [0.2, 0.25) is 5.91 Å². The van der Waals surface area contributed by atoms with Gasteiger partial charge in [0.05, 0.1) is 17.8 Å². The Labute approximate surface area is 200 Å². The molecule has 35 heavy (non-hydrogen) atoms. The lowest BCUT2D eigenvalue weighted by atomic mass is 10.1. The molecule has 8 nitrogen and oxygen atoms in total. The third-order valence-corrected chi connectivity index (χ3v) is 5.99. The number of carbonyl (C=O) groups excluding carboxylic acids is 1. The highest BCUT2D eigenvalue weighted by molar-refractivity contribution is 5.77. The van der Waals surface area contributed by atoms with Crippen LogP contribution in [0.25, 0.3) is 16.9 Å². The van der Waals surface area contributed by atoms with Crippen LogP contribution in [0.3, 0.4) is 0 Å². The molecule has 1 aliphatic rings. The van der Waals surface area contributed by atoms with Gasteiger partial charge in [0, 0.05) is 28.8 Å². The van der Waals surface area contributed by atoms with Gasteiger partial charge in [0.1, 0.15) is 11.6 Å². The van der Waals surface area contributed by atoms with Crippen LogP contribution in [0.4, 0.5) is 21.6 Å². The van der Waals surface area contributed by atoms with Crippen molar-refractivity contribution < 1.29 is 9.18 Å². The van der Waals surface area contributed by atoms with E-state index >= 15 is 0 Å². The first kappa shape index (κ1) is 22.3. The molecule has 4 aromatic rings. The van der Waals surface area contributed by atoms with E-state index in [1.54, 1.807) is 24.4 Å². The van der Waals surface area contributed by atoms with E-state index in [4.69, 9.17) is 16.5 Å². The molecule has 1 amide bonds. The lowest BCUT2D eigenvalue weighted by molar-refractivity contribution is -0.117. The highest BCUT2D eigenvalue weighted by Gasteiger charge is 2.19. The number of carbonyl (C=O) groups is 1. The number of hydrogen-bond donors (Lipinski definition) is 3. The summed E-state index contributed by atoms with van der Waals surface area (Å²) < 4.78 is 15.9. The van der Waals surface area contributed by atoms with Gasteiger partial charge in [-0.25, -0.2) is 9.18 Å². The molecular formula is C26H23FN6O2. The number of rotatable bonds is 6. The molecule has 2 heterocycles. The maximum absolute atomic E-state index is 14.5. The van der Waals surface area contributed by atoms with Crippen LogP contribution >= 0.6 is 0 Å². The van der Waals surface area contributed by atoms with Crippen molar-refractivity contribution >= 4 is 23.1 Å². The Balaban J connectivity index is 1.51. The van der Waals surface area contributed by atoms with E-state index in [1.807, 2.05) is 30.3 Å². The number of primary amides is 1. The number of nitrogens with zero attached hydrogens (tertiary/aromatic N) is 3. The second-order valence-corrected chi connectivity index (χ2v) is 8.46. The number of hydrogen-bond acceptors (Lipinski definition) is 6. The second kappa shape index (κ2) is 9.02. The summed E-state index contributed by atoms with van der Waals surface area (Å²) in [6.45, 7) is 0. The fourth-order valence-corrected chi connectivity index (χ4v) is 4.34. The van der Waals surface area contributed by atoms with Crippen LogP contribution in [-0.2, 0) is 24.1 Å². The Kier molecular flexibility index (Phi) is 5.74. The Hall–Kier alpha value is -4.53. The summed E-state index contributed by atoms with van der Waals surface area (Å²) >= 11 is 0. The minimum Gasteiger partial charge on any atom is -0.383 e. The number of benzene rings is 2. The Morgan fingerprint density at radius 1 is 1.09 bits per heavy atom. The summed E-state index contributed by atoms with van der Waals surface area (Å²) in [7, 11) is 0. The first-order valence-electron chi connectivity index (χ1n) is 11.2. The average molecular weight is 471 g/mol. The number of amides is 1. The van der Waals surface area contributed by atoms with Gasteiger partial charge in [-0.05, 0) is 66.8 Å². The highest BCUT2D eigenvalue weighted by Crippen LogP contribution is 2.34. The van der Waals surface area contributed by atoms with Gasteiger partial charge in [-0.2, -0.15) is 4.98 Å².